The molecule has 0 amide bonds. The van der Waals surface area contributed by atoms with Crippen LogP contribution < -0.4 is 43.1 Å². The number of benzene rings is 8. The summed E-state index contributed by atoms with van der Waals surface area (Å²) < 4.78 is 0. The summed E-state index contributed by atoms with van der Waals surface area (Å²) in [6.07, 6.45) is 0. The van der Waals surface area contributed by atoms with Crippen LogP contribution >= 0.6 is 0 Å². The molecule has 0 saturated heterocycles. The second kappa shape index (κ2) is 13.6. The van der Waals surface area contributed by atoms with Crippen molar-refractivity contribution in [1.82, 2.24) is 0 Å². The maximum Gasteiger partial charge on any atom is 0.114 e. The highest BCUT2D eigenvalue weighted by atomic mass is 15.1. The molecule has 226 valence electrons. The number of nitrogens with zero attached hydrogens (tertiary/aromatic N) is 1. The van der Waals surface area contributed by atoms with Gasteiger partial charge in [0, 0.05) is 17.1 Å². The summed E-state index contributed by atoms with van der Waals surface area (Å²) in [5.74, 6) is 0. The van der Waals surface area contributed by atoms with E-state index in [9.17, 15) is 0 Å². The van der Waals surface area contributed by atoms with Crippen molar-refractivity contribution in [2.24, 2.45) is 0 Å². The van der Waals surface area contributed by atoms with E-state index in [1.165, 1.54) is 0 Å². The van der Waals surface area contributed by atoms with E-state index >= 15 is 0 Å². The van der Waals surface area contributed by atoms with E-state index in [2.05, 4.69) is 89.8 Å². The minimum atomic E-state index is 0.393. The molecule has 0 aliphatic heterocycles. The Kier molecular flexibility index (Phi) is 8.80. The highest BCUT2D eigenvalue weighted by Gasteiger charge is 2.16. The highest BCUT2D eigenvalue weighted by Crippen LogP contribution is 2.38. The number of fused-ring (bicyclic) bond motifs is 2. The zero-order valence-corrected chi connectivity index (χ0v) is 28.3. The van der Waals surface area contributed by atoms with Crippen LogP contribution in [0.4, 0.5) is 17.1 Å². The van der Waals surface area contributed by atoms with Gasteiger partial charge in [-0.25, -0.2) is 0 Å². The Morgan fingerprint density at radius 3 is 1.08 bits per heavy atom. The molecule has 8 heteroatoms. The van der Waals surface area contributed by atoms with Gasteiger partial charge in [0.1, 0.15) is 54.9 Å². The molecule has 8 aromatic carbocycles. The van der Waals surface area contributed by atoms with Crippen molar-refractivity contribution in [1.29, 1.82) is 0 Å². The van der Waals surface area contributed by atoms with Gasteiger partial charge in [-0.3, -0.25) is 0 Å². The molecule has 0 bridgehead atoms. The van der Waals surface area contributed by atoms with Crippen molar-refractivity contribution in [3.63, 3.8) is 0 Å². The Balaban J connectivity index is 1.21. The summed E-state index contributed by atoms with van der Waals surface area (Å²) in [4.78, 5) is 2.22. The largest absolute Gasteiger partial charge is 0.311 e. The van der Waals surface area contributed by atoms with Crippen LogP contribution in [0.5, 0.6) is 0 Å². The topological polar surface area (TPSA) is 3.24 Å². The molecule has 0 heterocycles. The van der Waals surface area contributed by atoms with Crippen molar-refractivity contribution in [3.05, 3.63) is 146 Å². The average molecular weight is 642 g/mol. The van der Waals surface area contributed by atoms with Crippen LogP contribution in [0.1, 0.15) is 0 Å². The molecule has 0 saturated carbocycles. The van der Waals surface area contributed by atoms with Gasteiger partial charge in [-0.05, 0) is 91.3 Å². The smallest absolute Gasteiger partial charge is 0.114 e. The van der Waals surface area contributed by atoms with Crippen molar-refractivity contribution >= 4 is 132 Å². The Bertz CT molecular complexity index is 2460. The number of hydrogen-bond donors (Lipinski definition) is 0. The molecule has 0 aliphatic carbocycles. The predicted molar refractivity (Wildman–Crippen MR) is 230 cm³/mol. The van der Waals surface area contributed by atoms with Crippen molar-refractivity contribution in [2.45, 2.75) is 0 Å². The summed E-state index contributed by atoms with van der Waals surface area (Å²) in [5.41, 5.74) is 12.9. The Morgan fingerprint density at radius 1 is 0.308 bits per heavy atom. The summed E-state index contributed by atoms with van der Waals surface area (Å²) >= 11 is 0. The van der Waals surface area contributed by atoms with Crippen LogP contribution in [0, 0.1) is 0 Å². The lowest BCUT2D eigenvalue weighted by molar-refractivity contribution is 1.28. The average Bonchev–Trinajstić information content (AvgIpc) is 3.15. The van der Waals surface area contributed by atoms with Gasteiger partial charge in [0.05, 0.1) is 0 Å². The molecule has 1 nitrogen and oxygen atoms in total. The van der Waals surface area contributed by atoms with Crippen LogP contribution in [0.2, 0.25) is 0 Å². The van der Waals surface area contributed by atoms with Gasteiger partial charge in [0.2, 0.25) is 0 Å². The fourth-order valence-electron chi connectivity index (χ4n) is 7.13. The van der Waals surface area contributed by atoms with Crippen LogP contribution in [-0.4, -0.2) is 54.9 Å². The summed E-state index contributed by atoms with van der Waals surface area (Å²) in [6, 6.07) is 48.7. The van der Waals surface area contributed by atoms with Gasteiger partial charge in [0.15, 0.2) is 0 Å². The lowest BCUT2D eigenvalue weighted by Gasteiger charge is -2.26. The molecule has 0 spiro atoms. The van der Waals surface area contributed by atoms with E-state index in [4.69, 9.17) is 54.9 Å². The van der Waals surface area contributed by atoms with Crippen LogP contribution in [0.15, 0.2) is 146 Å². The third-order valence-electron chi connectivity index (χ3n) is 9.79. The lowest BCUT2D eigenvalue weighted by atomic mass is 9.71. The monoisotopic (exact) mass is 643 g/mol. The second-order valence-electron chi connectivity index (χ2n) is 13.0. The first-order valence-corrected chi connectivity index (χ1v) is 16.9. The van der Waals surface area contributed by atoms with Crippen LogP contribution in [-0.2, 0) is 0 Å². The number of rotatable bonds is 6. The second-order valence-corrected chi connectivity index (χ2v) is 13.0. The third-order valence-corrected chi connectivity index (χ3v) is 9.79. The normalized spacial score (nSPS) is 11.2. The zero-order valence-electron chi connectivity index (χ0n) is 28.3. The van der Waals surface area contributed by atoms with Crippen LogP contribution in [0.25, 0.3) is 54.9 Å². The SMILES string of the molecule is [B]c1cc(-c2ccc(N(c3ccc(-c4ccc([B])c5c([B])cccc45)cc3)c3ccc(-c4ccc([B])c5c([B])cccc45)cc3)cc2)cc([B])c1[B]. The summed E-state index contributed by atoms with van der Waals surface area (Å²) in [7, 11) is 43.7. The molecule has 0 unspecified atom stereocenters. The van der Waals surface area contributed by atoms with E-state index in [1.807, 2.05) is 60.7 Å². The van der Waals surface area contributed by atoms with Gasteiger partial charge in [-0.15, -0.1) is 16.4 Å². The fraction of sp³-hybridized carbons (Fsp3) is 0. The first-order chi connectivity index (χ1) is 25.2. The highest BCUT2D eigenvalue weighted by molar-refractivity contribution is 6.57. The number of hydrogen-bond acceptors (Lipinski definition) is 1. The molecular formula is C44H24B7N. The van der Waals surface area contributed by atoms with E-state index < -0.39 is 0 Å². The minimum Gasteiger partial charge on any atom is -0.311 e. The molecule has 14 radical (unpaired) electrons. The molecule has 0 fully saturated rings. The lowest BCUT2D eigenvalue weighted by Crippen LogP contribution is -2.38. The molecule has 0 N–H and O–H groups in total. The first-order valence-electron chi connectivity index (χ1n) is 16.9. The van der Waals surface area contributed by atoms with Gasteiger partial charge in [0.25, 0.3) is 0 Å². The van der Waals surface area contributed by atoms with E-state index in [1.54, 1.807) is 0 Å². The van der Waals surface area contributed by atoms with Gasteiger partial charge < -0.3 is 4.90 Å². The summed E-state index contributed by atoms with van der Waals surface area (Å²) in [5, 5.41) is 3.76. The van der Waals surface area contributed by atoms with Crippen molar-refractivity contribution in [3.8, 4) is 33.4 Å². The Hall–Kier alpha value is -5.47. The predicted octanol–water partition coefficient (Wildman–Crippen LogP) is 4.02. The molecular weight excluding hydrogens is 618 g/mol. The van der Waals surface area contributed by atoms with Crippen molar-refractivity contribution in [2.75, 3.05) is 4.90 Å². The fourth-order valence-corrected chi connectivity index (χ4v) is 7.13. The van der Waals surface area contributed by atoms with E-state index in [0.717, 1.165) is 72.0 Å². The molecule has 8 rings (SSSR count). The standard InChI is InChI=1S/C44H24B7N/c45-36-5-1-3-34-32(19-21-38(47)42(34)36)26-9-15-30(16-10-26)52(29-13-7-25(8-14-29)28-23-40(49)44(51)41(50)24-28)31-17-11-27(12-18-31)33-20-22-39(48)43-35(33)4-2-6-37(43)46/h1-24H. The maximum atomic E-state index is 6.34. The molecule has 8 aromatic rings. The Morgan fingerprint density at radius 2 is 0.673 bits per heavy atom. The van der Waals surface area contributed by atoms with E-state index in [-0.39, 0.29) is 0 Å². The zero-order chi connectivity index (χ0) is 36.1. The minimum absolute atomic E-state index is 0.393. The van der Waals surface area contributed by atoms with Crippen LogP contribution in [0.3, 0.4) is 0 Å². The molecule has 0 aromatic heterocycles. The summed E-state index contributed by atoms with van der Waals surface area (Å²) in [6.45, 7) is 0. The molecule has 52 heavy (non-hydrogen) atoms. The number of anilines is 3. The first kappa shape index (κ1) is 33.7. The Labute approximate surface area is 314 Å². The molecule has 0 atom stereocenters. The van der Waals surface area contributed by atoms with Gasteiger partial charge >= 0.3 is 0 Å². The van der Waals surface area contributed by atoms with E-state index in [0.29, 0.717) is 38.2 Å². The van der Waals surface area contributed by atoms with Gasteiger partial charge in [-0.2, -0.15) is 0 Å². The third kappa shape index (κ3) is 6.01. The van der Waals surface area contributed by atoms with Gasteiger partial charge in [-0.1, -0.05) is 131 Å². The van der Waals surface area contributed by atoms with Crippen molar-refractivity contribution < 1.29 is 0 Å². The quantitative estimate of drug-likeness (QED) is 0.248. The maximum absolute atomic E-state index is 6.34. The molecule has 0 aliphatic rings.